The third kappa shape index (κ3) is 4.11. The number of aliphatic carboxylic acids is 1. The molecule has 0 spiro atoms. The summed E-state index contributed by atoms with van der Waals surface area (Å²) in [5.41, 5.74) is -0.431. The van der Waals surface area contributed by atoms with Crippen LogP contribution in [0.1, 0.15) is 71.6 Å². The van der Waals surface area contributed by atoms with E-state index in [2.05, 4.69) is 24.5 Å². The zero-order chi connectivity index (χ0) is 15.5. The fourth-order valence-corrected chi connectivity index (χ4v) is 3.88. The van der Waals surface area contributed by atoms with Gasteiger partial charge in [0.25, 0.3) is 0 Å². The molecule has 2 aliphatic carbocycles. The first kappa shape index (κ1) is 16.1. The Kier molecular flexibility index (Phi) is 4.79. The molecular weight excluding hydrogens is 268 g/mol. The molecule has 120 valence electrons. The van der Waals surface area contributed by atoms with Crippen LogP contribution in [0.5, 0.6) is 0 Å². The van der Waals surface area contributed by atoms with Crippen LogP contribution in [0.25, 0.3) is 0 Å². The van der Waals surface area contributed by atoms with Gasteiger partial charge in [0, 0.05) is 6.04 Å². The second-order valence-corrected chi connectivity index (χ2v) is 7.44. The van der Waals surface area contributed by atoms with E-state index in [1.54, 1.807) is 0 Å². The lowest BCUT2D eigenvalue weighted by atomic mass is 9.73. The molecule has 21 heavy (non-hydrogen) atoms. The first-order valence-corrected chi connectivity index (χ1v) is 8.14. The number of urea groups is 1. The maximum absolute atomic E-state index is 12.3. The van der Waals surface area contributed by atoms with E-state index in [0.29, 0.717) is 0 Å². The van der Waals surface area contributed by atoms with Crippen molar-refractivity contribution in [2.45, 2.75) is 83.2 Å². The predicted molar refractivity (Wildman–Crippen MR) is 81.2 cm³/mol. The lowest BCUT2D eigenvalue weighted by Gasteiger charge is -2.40. The van der Waals surface area contributed by atoms with Gasteiger partial charge < -0.3 is 15.7 Å². The third-order valence-electron chi connectivity index (χ3n) is 5.24. The Morgan fingerprint density at radius 3 is 2.29 bits per heavy atom. The Balaban J connectivity index is 1.94. The Bertz CT molecular complexity index is 400. The average molecular weight is 296 g/mol. The van der Waals surface area contributed by atoms with Gasteiger partial charge in [0.2, 0.25) is 0 Å². The van der Waals surface area contributed by atoms with Crippen molar-refractivity contribution in [1.82, 2.24) is 10.6 Å². The maximum atomic E-state index is 12.3. The Labute approximate surface area is 126 Å². The summed E-state index contributed by atoms with van der Waals surface area (Å²) >= 11 is 0. The number of rotatable bonds is 4. The molecule has 0 aromatic rings. The highest BCUT2D eigenvalue weighted by molar-refractivity contribution is 5.77. The summed E-state index contributed by atoms with van der Waals surface area (Å²) in [5.74, 6) is -0.838. The molecule has 0 heterocycles. The molecule has 2 saturated carbocycles. The number of carbonyl (C=O) groups is 2. The zero-order valence-electron chi connectivity index (χ0n) is 13.2. The normalized spacial score (nSPS) is 27.0. The topological polar surface area (TPSA) is 78.4 Å². The zero-order valence-corrected chi connectivity index (χ0v) is 13.2. The van der Waals surface area contributed by atoms with Gasteiger partial charge in [-0.3, -0.25) is 4.79 Å². The summed E-state index contributed by atoms with van der Waals surface area (Å²) in [6.45, 7) is 4.39. The largest absolute Gasteiger partial charge is 0.481 e. The maximum Gasteiger partial charge on any atom is 0.315 e. The van der Waals surface area contributed by atoms with Crippen LogP contribution >= 0.6 is 0 Å². The Morgan fingerprint density at radius 1 is 1.10 bits per heavy atom. The first-order valence-electron chi connectivity index (χ1n) is 8.14. The van der Waals surface area contributed by atoms with Gasteiger partial charge in [0.1, 0.15) is 0 Å². The predicted octanol–water partition coefficient (Wildman–Crippen LogP) is 3.04. The molecule has 3 N–H and O–H groups in total. The highest BCUT2D eigenvalue weighted by Crippen LogP contribution is 2.36. The average Bonchev–Trinajstić information content (AvgIpc) is 2.79. The van der Waals surface area contributed by atoms with Crippen LogP contribution < -0.4 is 10.6 Å². The minimum absolute atomic E-state index is 0.0223. The second kappa shape index (κ2) is 6.24. The SMILES string of the molecule is CC1(C)CCCCC1NC(=O)NC1(CC(=O)O)CCCC1. The van der Waals surface area contributed by atoms with E-state index in [-0.39, 0.29) is 23.9 Å². The van der Waals surface area contributed by atoms with Crippen molar-refractivity contribution in [3.8, 4) is 0 Å². The van der Waals surface area contributed by atoms with Crippen molar-refractivity contribution in [2.24, 2.45) is 5.41 Å². The smallest absolute Gasteiger partial charge is 0.315 e. The van der Waals surface area contributed by atoms with E-state index in [0.717, 1.165) is 44.9 Å². The third-order valence-corrected chi connectivity index (χ3v) is 5.24. The number of hydrogen-bond donors (Lipinski definition) is 3. The number of nitrogens with one attached hydrogen (secondary N) is 2. The van der Waals surface area contributed by atoms with Gasteiger partial charge in [-0.2, -0.15) is 0 Å². The quantitative estimate of drug-likeness (QED) is 0.746. The van der Waals surface area contributed by atoms with Crippen LogP contribution in [0.15, 0.2) is 0 Å². The van der Waals surface area contributed by atoms with E-state index in [1.807, 2.05) is 0 Å². The van der Waals surface area contributed by atoms with E-state index in [4.69, 9.17) is 5.11 Å². The van der Waals surface area contributed by atoms with Crippen molar-refractivity contribution >= 4 is 12.0 Å². The molecule has 0 aliphatic heterocycles. The molecule has 0 aromatic heterocycles. The number of hydrogen-bond acceptors (Lipinski definition) is 2. The van der Waals surface area contributed by atoms with Gasteiger partial charge in [0.15, 0.2) is 0 Å². The van der Waals surface area contributed by atoms with Gasteiger partial charge in [-0.25, -0.2) is 4.79 Å². The molecule has 2 aliphatic rings. The lowest BCUT2D eigenvalue weighted by molar-refractivity contribution is -0.138. The van der Waals surface area contributed by atoms with Crippen LogP contribution in [-0.4, -0.2) is 28.7 Å². The van der Waals surface area contributed by atoms with Crippen molar-refractivity contribution < 1.29 is 14.7 Å². The molecule has 0 bridgehead atoms. The number of carboxylic acid groups (broad SMARTS) is 1. The van der Waals surface area contributed by atoms with E-state index < -0.39 is 11.5 Å². The monoisotopic (exact) mass is 296 g/mol. The van der Waals surface area contributed by atoms with Crippen LogP contribution in [0.2, 0.25) is 0 Å². The summed E-state index contributed by atoms with van der Waals surface area (Å²) in [6.07, 6.45) is 8.02. The van der Waals surface area contributed by atoms with Gasteiger partial charge >= 0.3 is 12.0 Å². The fraction of sp³-hybridized carbons (Fsp3) is 0.875. The number of carbonyl (C=O) groups excluding carboxylic acids is 1. The minimum Gasteiger partial charge on any atom is -0.481 e. The van der Waals surface area contributed by atoms with Crippen molar-refractivity contribution in [2.75, 3.05) is 0 Å². The van der Waals surface area contributed by atoms with Crippen LogP contribution in [0.3, 0.4) is 0 Å². The summed E-state index contributed by atoms with van der Waals surface area (Å²) in [5, 5.41) is 15.2. The summed E-state index contributed by atoms with van der Waals surface area (Å²) in [7, 11) is 0. The van der Waals surface area contributed by atoms with E-state index in [1.165, 1.54) is 6.42 Å². The number of carboxylic acids is 1. The molecule has 5 nitrogen and oxygen atoms in total. The van der Waals surface area contributed by atoms with Gasteiger partial charge in [-0.15, -0.1) is 0 Å². The van der Waals surface area contributed by atoms with Crippen LogP contribution in [-0.2, 0) is 4.79 Å². The van der Waals surface area contributed by atoms with Crippen molar-refractivity contribution in [3.05, 3.63) is 0 Å². The van der Waals surface area contributed by atoms with E-state index >= 15 is 0 Å². The van der Waals surface area contributed by atoms with Crippen LogP contribution in [0, 0.1) is 5.41 Å². The molecule has 2 fully saturated rings. The molecular formula is C16H28N2O3. The highest BCUT2D eigenvalue weighted by Gasteiger charge is 2.39. The van der Waals surface area contributed by atoms with Crippen molar-refractivity contribution in [1.29, 1.82) is 0 Å². The second-order valence-electron chi connectivity index (χ2n) is 7.44. The van der Waals surface area contributed by atoms with E-state index in [9.17, 15) is 9.59 Å². The molecule has 5 heteroatoms. The highest BCUT2D eigenvalue weighted by atomic mass is 16.4. The molecule has 0 radical (unpaired) electrons. The van der Waals surface area contributed by atoms with Crippen molar-refractivity contribution in [3.63, 3.8) is 0 Å². The van der Waals surface area contributed by atoms with Crippen LogP contribution in [0.4, 0.5) is 4.79 Å². The molecule has 1 unspecified atom stereocenters. The molecule has 0 aromatic carbocycles. The van der Waals surface area contributed by atoms with Gasteiger partial charge in [0.05, 0.1) is 12.0 Å². The Morgan fingerprint density at radius 2 is 1.71 bits per heavy atom. The summed E-state index contributed by atoms with van der Waals surface area (Å²) in [4.78, 5) is 23.4. The summed E-state index contributed by atoms with van der Waals surface area (Å²) < 4.78 is 0. The first-order chi connectivity index (χ1) is 9.83. The standard InChI is InChI=1S/C16H28N2O3/c1-15(2)8-4-3-7-12(15)17-14(21)18-16(11-13(19)20)9-5-6-10-16/h12H,3-11H2,1-2H3,(H,19,20)(H2,17,18,21). The number of amides is 2. The fourth-order valence-electron chi connectivity index (χ4n) is 3.88. The Hall–Kier alpha value is -1.26. The van der Waals surface area contributed by atoms with Gasteiger partial charge in [-0.05, 0) is 31.1 Å². The molecule has 2 amide bonds. The summed E-state index contributed by atoms with van der Waals surface area (Å²) in [6, 6.07) is -0.0207. The molecule has 2 rings (SSSR count). The molecule has 1 atom stereocenters. The van der Waals surface area contributed by atoms with Gasteiger partial charge in [-0.1, -0.05) is 39.5 Å². The lowest BCUT2D eigenvalue weighted by Crippen LogP contribution is -2.56. The minimum atomic E-state index is -0.838. The molecule has 0 saturated heterocycles.